The monoisotopic (exact) mass is 362 g/mol. The van der Waals surface area contributed by atoms with E-state index in [1.54, 1.807) is 35.1 Å². The fraction of sp³-hybridized carbons (Fsp3) is 0.444. The van der Waals surface area contributed by atoms with E-state index in [0.717, 1.165) is 17.3 Å². The number of carbonyl (C=O) groups is 2. The summed E-state index contributed by atoms with van der Waals surface area (Å²) in [6.07, 6.45) is 4.55. The normalized spacial score (nSPS) is 15.3. The van der Waals surface area contributed by atoms with Gasteiger partial charge in [0.2, 0.25) is 5.91 Å². The zero-order chi connectivity index (χ0) is 17.5. The summed E-state index contributed by atoms with van der Waals surface area (Å²) in [7, 11) is 0. The lowest BCUT2D eigenvalue weighted by Crippen LogP contribution is -2.43. The van der Waals surface area contributed by atoms with Gasteiger partial charge < -0.3 is 19.1 Å². The maximum atomic E-state index is 12.2. The van der Waals surface area contributed by atoms with Crippen LogP contribution in [0.2, 0.25) is 0 Å². The number of hydrogen-bond donors (Lipinski definition) is 1. The van der Waals surface area contributed by atoms with Crippen LogP contribution in [0.5, 0.6) is 0 Å². The van der Waals surface area contributed by atoms with Crippen molar-refractivity contribution in [3.05, 3.63) is 48.3 Å². The molecule has 134 valence electrons. The van der Waals surface area contributed by atoms with Gasteiger partial charge in [0.05, 0.1) is 18.3 Å². The quantitative estimate of drug-likeness (QED) is 0.767. The SMILES string of the molecule is O=C(NCCSCc1ccco1)C1CCN(C(=O)c2ccco2)CC1. The highest BCUT2D eigenvalue weighted by Crippen LogP contribution is 2.19. The maximum absolute atomic E-state index is 12.2. The van der Waals surface area contributed by atoms with Gasteiger partial charge in [0.25, 0.3) is 5.91 Å². The highest BCUT2D eigenvalue weighted by molar-refractivity contribution is 7.98. The molecule has 2 amide bonds. The Hall–Kier alpha value is -2.15. The van der Waals surface area contributed by atoms with Crippen molar-refractivity contribution in [2.45, 2.75) is 18.6 Å². The van der Waals surface area contributed by atoms with E-state index in [-0.39, 0.29) is 17.7 Å². The summed E-state index contributed by atoms with van der Waals surface area (Å²) in [6.45, 7) is 1.82. The van der Waals surface area contributed by atoms with Crippen LogP contribution in [-0.4, -0.2) is 42.1 Å². The summed E-state index contributed by atoms with van der Waals surface area (Å²) in [5.41, 5.74) is 0. The molecular formula is C18H22N2O4S. The van der Waals surface area contributed by atoms with E-state index >= 15 is 0 Å². The van der Waals surface area contributed by atoms with Crippen LogP contribution < -0.4 is 5.32 Å². The van der Waals surface area contributed by atoms with Crippen molar-refractivity contribution in [1.82, 2.24) is 10.2 Å². The molecular weight excluding hydrogens is 340 g/mol. The van der Waals surface area contributed by atoms with Gasteiger partial charge in [-0.05, 0) is 37.1 Å². The number of likely N-dealkylation sites (tertiary alicyclic amines) is 1. The Morgan fingerprint density at radius 2 is 1.92 bits per heavy atom. The third-order valence-electron chi connectivity index (χ3n) is 4.25. The van der Waals surface area contributed by atoms with Gasteiger partial charge in [0.1, 0.15) is 5.76 Å². The van der Waals surface area contributed by atoms with E-state index in [1.807, 2.05) is 12.1 Å². The van der Waals surface area contributed by atoms with Gasteiger partial charge in [-0.1, -0.05) is 0 Å². The van der Waals surface area contributed by atoms with E-state index in [4.69, 9.17) is 8.83 Å². The molecule has 6 nitrogen and oxygen atoms in total. The number of amides is 2. The first-order valence-corrected chi connectivity index (χ1v) is 9.60. The first kappa shape index (κ1) is 17.7. The molecule has 3 rings (SSSR count). The zero-order valence-corrected chi connectivity index (χ0v) is 14.8. The minimum absolute atomic E-state index is 0.0178. The van der Waals surface area contributed by atoms with Crippen molar-refractivity contribution < 1.29 is 18.4 Å². The van der Waals surface area contributed by atoms with E-state index in [0.29, 0.717) is 38.2 Å². The van der Waals surface area contributed by atoms with Crippen LogP contribution >= 0.6 is 11.8 Å². The molecule has 7 heteroatoms. The molecule has 0 radical (unpaired) electrons. The summed E-state index contributed by atoms with van der Waals surface area (Å²) < 4.78 is 10.4. The first-order valence-electron chi connectivity index (χ1n) is 8.44. The van der Waals surface area contributed by atoms with Crippen LogP contribution in [0.15, 0.2) is 45.6 Å². The fourth-order valence-corrected chi connectivity index (χ4v) is 3.62. The number of hydrogen-bond acceptors (Lipinski definition) is 5. The molecule has 0 unspecified atom stereocenters. The number of rotatable bonds is 7. The van der Waals surface area contributed by atoms with Gasteiger partial charge in [-0.2, -0.15) is 11.8 Å². The second-order valence-corrected chi connectivity index (χ2v) is 7.07. The Morgan fingerprint density at radius 1 is 1.16 bits per heavy atom. The molecule has 25 heavy (non-hydrogen) atoms. The van der Waals surface area contributed by atoms with Crippen molar-refractivity contribution >= 4 is 23.6 Å². The molecule has 0 aliphatic carbocycles. The van der Waals surface area contributed by atoms with Crippen LogP contribution in [0, 0.1) is 5.92 Å². The molecule has 1 N–H and O–H groups in total. The third kappa shape index (κ3) is 4.92. The summed E-state index contributed by atoms with van der Waals surface area (Å²) in [5, 5.41) is 2.99. The topological polar surface area (TPSA) is 75.7 Å². The van der Waals surface area contributed by atoms with Crippen LogP contribution in [-0.2, 0) is 10.5 Å². The predicted molar refractivity (Wildman–Crippen MR) is 95.2 cm³/mol. The smallest absolute Gasteiger partial charge is 0.289 e. The van der Waals surface area contributed by atoms with Crippen molar-refractivity contribution in [3.63, 3.8) is 0 Å². The molecule has 0 spiro atoms. The highest BCUT2D eigenvalue weighted by atomic mass is 32.2. The van der Waals surface area contributed by atoms with Crippen molar-refractivity contribution in [1.29, 1.82) is 0 Å². The first-order chi connectivity index (χ1) is 12.2. The lowest BCUT2D eigenvalue weighted by molar-refractivity contribution is -0.126. The van der Waals surface area contributed by atoms with Crippen molar-refractivity contribution in [2.75, 3.05) is 25.4 Å². The van der Waals surface area contributed by atoms with E-state index in [1.165, 1.54) is 6.26 Å². The van der Waals surface area contributed by atoms with Crippen molar-refractivity contribution in [3.8, 4) is 0 Å². The standard InChI is InChI=1S/C18H22N2O4S/c21-17(19-7-12-25-13-15-3-1-10-23-15)14-5-8-20(9-6-14)18(22)16-4-2-11-24-16/h1-4,10-11,14H,5-9,12-13H2,(H,19,21). The molecule has 0 atom stereocenters. The molecule has 1 fully saturated rings. The maximum Gasteiger partial charge on any atom is 0.289 e. The van der Waals surface area contributed by atoms with Gasteiger partial charge >= 0.3 is 0 Å². The molecule has 2 aromatic rings. The largest absolute Gasteiger partial charge is 0.468 e. The lowest BCUT2D eigenvalue weighted by Gasteiger charge is -2.30. The van der Waals surface area contributed by atoms with E-state index < -0.39 is 0 Å². The second kappa shape index (κ2) is 8.80. The number of nitrogens with one attached hydrogen (secondary N) is 1. The van der Waals surface area contributed by atoms with Gasteiger partial charge in [-0.25, -0.2) is 0 Å². The van der Waals surface area contributed by atoms with Crippen LogP contribution in [0.1, 0.15) is 29.2 Å². The van der Waals surface area contributed by atoms with E-state index in [2.05, 4.69) is 5.32 Å². The van der Waals surface area contributed by atoms with E-state index in [9.17, 15) is 9.59 Å². The predicted octanol–water partition coefficient (Wildman–Crippen LogP) is 2.77. The van der Waals surface area contributed by atoms with Crippen LogP contribution in [0.4, 0.5) is 0 Å². The van der Waals surface area contributed by atoms with Gasteiger partial charge in [-0.15, -0.1) is 0 Å². The summed E-state index contributed by atoms with van der Waals surface area (Å²) in [5.74, 6) is 2.94. The molecule has 0 saturated carbocycles. The van der Waals surface area contributed by atoms with Gasteiger partial charge in [0.15, 0.2) is 5.76 Å². The summed E-state index contributed by atoms with van der Waals surface area (Å²) in [6, 6.07) is 7.20. The Kier molecular flexibility index (Phi) is 6.22. The molecule has 1 aliphatic heterocycles. The van der Waals surface area contributed by atoms with Gasteiger partial charge in [0, 0.05) is 31.3 Å². The Bertz CT molecular complexity index is 661. The van der Waals surface area contributed by atoms with Gasteiger partial charge in [-0.3, -0.25) is 9.59 Å². The fourth-order valence-electron chi connectivity index (χ4n) is 2.86. The summed E-state index contributed by atoms with van der Waals surface area (Å²) in [4.78, 5) is 26.2. The third-order valence-corrected chi connectivity index (χ3v) is 5.24. The molecule has 0 bridgehead atoms. The van der Waals surface area contributed by atoms with Crippen molar-refractivity contribution in [2.24, 2.45) is 5.92 Å². The highest BCUT2D eigenvalue weighted by Gasteiger charge is 2.28. The minimum atomic E-state index is -0.0989. The Labute approximate surface area is 150 Å². The minimum Gasteiger partial charge on any atom is -0.468 e. The number of thioether (sulfide) groups is 1. The number of piperidine rings is 1. The number of furan rings is 2. The van der Waals surface area contributed by atoms with Crippen LogP contribution in [0.25, 0.3) is 0 Å². The Balaban J connectivity index is 1.32. The molecule has 0 aromatic carbocycles. The molecule has 1 aliphatic rings. The number of carbonyl (C=O) groups excluding carboxylic acids is 2. The average molecular weight is 362 g/mol. The second-order valence-electron chi connectivity index (χ2n) is 5.97. The molecule has 1 saturated heterocycles. The lowest BCUT2D eigenvalue weighted by atomic mass is 9.96. The number of nitrogens with zero attached hydrogens (tertiary/aromatic N) is 1. The molecule has 2 aromatic heterocycles. The Morgan fingerprint density at radius 3 is 2.60 bits per heavy atom. The zero-order valence-electron chi connectivity index (χ0n) is 14.0. The average Bonchev–Trinajstić information content (AvgIpc) is 3.34. The molecule has 3 heterocycles. The van der Waals surface area contributed by atoms with Crippen LogP contribution in [0.3, 0.4) is 0 Å². The summed E-state index contributed by atoms with van der Waals surface area (Å²) >= 11 is 1.73.